The number of rotatable bonds is 4. The number of nitriles is 1. The lowest BCUT2D eigenvalue weighted by Gasteiger charge is -2.02. The molecule has 9 heteroatoms. The summed E-state index contributed by atoms with van der Waals surface area (Å²) in [6.07, 6.45) is 2.82. The number of nitrogens with zero attached hydrogens (tertiary/aromatic N) is 4. The number of halogens is 1. The average Bonchev–Trinajstić information content (AvgIpc) is 3.38. The zero-order valence-corrected chi connectivity index (χ0v) is 14.9. The first-order chi connectivity index (χ1) is 13.6. The molecule has 0 spiro atoms. The van der Waals surface area contributed by atoms with Gasteiger partial charge < -0.3 is 4.52 Å². The van der Waals surface area contributed by atoms with E-state index in [0.717, 1.165) is 0 Å². The van der Waals surface area contributed by atoms with E-state index in [-0.39, 0.29) is 11.3 Å². The van der Waals surface area contributed by atoms with Crippen molar-refractivity contribution in [3.63, 3.8) is 0 Å². The minimum absolute atomic E-state index is 0.202. The molecule has 4 aromatic rings. The van der Waals surface area contributed by atoms with Crippen LogP contribution in [0.15, 0.2) is 58.7 Å². The Morgan fingerprint density at radius 3 is 2.82 bits per heavy atom. The Balaban J connectivity index is 1.56. The van der Waals surface area contributed by atoms with Gasteiger partial charge in [0, 0.05) is 17.1 Å². The second-order valence-electron chi connectivity index (χ2n) is 5.61. The normalized spacial score (nSPS) is 10.4. The summed E-state index contributed by atoms with van der Waals surface area (Å²) in [6, 6.07) is 10.8. The number of pyridine rings is 1. The third-order valence-corrected chi connectivity index (χ3v) is 4.56. The lowest BCUT2D eigenvalue weighted by atomic mass is 10.1. The Morgan fingerprint density at radius 1 is 1.21 bits per heavy atom. The summed E-state index contributed by atoms with van der Waals surface area (Å²) in [5.74, 6) is -0.614. The molecule has 0 bridgehead atoms. The van der Waals surface area contributed by atoms with Crippen LogP contribution in [0.2, 0.25) is 0 Å². The number of carbonyl (C=O) groups excluding carboxylic acids is 1. The van der Waals surface area contributed by atoms with Crippen molar-refractivity contribution in [1.29, 1.82) is 5.26 Å². The van der Waals surface area contributed by atoms with Crippen LogP contribution in [-0.4, -0.2) is 21.0 Å². The van der Waals surface area contributed by atoms with Crippen LogP contribution in [0.3, 0.4) is 0 Å². The lowest BCUT2D eigenvalue weighted by molar-refractivity contribution is 0.102. The summed E-state index contributed by atoms with van der Waals surface area (Å²) in [5.41, 5.74) is 2.28. The Labute approximate surface area is 162 Å². The van der Waals surface area contributed by atoms with Gasteiger partial charge in [0.05, 0.1) is 23.5 Å². The van der Waals surface area contributed by atoms with Crippen LogP contribution in [0.25, 0.3) is 22.7 Å². The molecular weight excluding hydrogens is 381 g/mol. The first-order valence-corrected chi connectivity index (χ1v) is 8.86. The number of hydrogen-bond donors (Lipinski definition) is 1. The standard InChI is InChI=1S/C19H10FN5O2S/c20-13-3-1-12(2-4-13)17-14(9-23-27-17)18(26)25-19-24-16(10-28-19)15-7-11(8-21)5-6-22-15/h1-7,9-10H,(H,24,25,26). The highest BCUT2D eigenvalue weighted by atomic mass is 32.1. The van der Waals surface area contributed by atoms with Crippen molar-refractivity contribution in [1.82, 2.24) is 15.1 Å². The molecule has 28 heavy (non-hydrogen) atoms. The molecule has 3 aromatic heterocycles. The largest absolute Gasteiger partial charge is 0.355 e. The number of carbonyl (C=O) groups is 1. The summed E-state index contributed by atoms with van der Waals surface area (Å²) < 4.78 is 18.3. The van der Waals surface area contributed by atoms with E-state index in [1.165, 1.54) is 48.0 Å². The first-order valence-electron chi connectivity index (χ1n) is 7.98. The van der Waals surface area contributed by atoms with Crippen molar-refractivity contribution in [2.75, 3.05) is 5.32 Å². The molecule has 1 amide bonds. The topological polar surface area (TPSA) is 105 Å². The second-order valence-corrected chi connectivity index (χ2v) is 6.47. The Kier molecular flexibility index (Phi) is 4.62. The van der Waals surface area contributed by atoms with E-state index in [1.54, 1.807) is 17.5 Å². The molecule has 0 aliphatic rings. The first kappa shape index (κ1) is 17.5. The van der Waals surface area contributed by atoms with Crippen molar-refractivity contribution in [2.24, 2.45) is 0 Å². The second kappa shape index (κ2) is 7.38. The summed E-state index contributed by atoms with van der Waals surface area (Å²) in [7, 11) is 0. The molecule has 0 saturated heterocycles. The molecule has 7 nitrogen and oxygen atoms in total. The number of benzene rings is 1. The molecule has 0 saturated carbocycles. The van der Waals surface area contributed by atoms with Crippen molar-refractivity contribution < 1.29 is 13.7 Å². The number of anilines is 1. The monoisotopic (exact) mass is 391 g/mol. The molecule has 0 unspecified atom stereocenters. The molecule has 1 N–H and O–H groups in total. The number of nitrogens with one attached hydrogen (secondary N) is 1. The van der Waals surface area contributed by atoms with E-state index in [2.05, 4.69) is 20.4 Å². The predicted molar refractivity (Wildman–Crippen MR) is 99.9 cm³/mol. The molecule has 0 aliphatic heterocycles. The van der Waals surface area contributed by atoms with Gasteiger partial charge in [0.2, 0.25) is 0 Å². The van der Waals surface area contributed by atoms with Crippen LogP contribution < -0.4 is 5.32 Å². The number of thiazole rings is 1. The van der Waals surface area contributed by atoms with E-state index in [0.29, 0.717) is 27.6 Å². The van der Waals surface area contributed by atoms with Crippen LogP contribution in [0, 0.1) is 17.1 Å². The predicted octanol–water partition coefficient (Wildman–Crippen LogP) is 4.12. The zero-order valence-electron chi connectivity index (χ0n) is 14.1. The third kappa shape index (κ3) is 3.49. The van der Waals surface area contributed by atoms with E-state index in [4.69, 9.17) is 9.78 Å². The number of aromatic nitrogens is 3. The summed E-state index contributed by atoms with van der Waals surface area (Å²) in [5, 5.41) is 17.4. The fourth-order valence-electron chi connectivity index (χ4n) is 2.46. The SMILES string of the molecule is N#Cc1ccnc(-c2csc(NC(=O)c3cnoc3-c3ccc(F)cc3)n2)c1. The van der Waals surface area contributed by atoms with Gasteiger partial charge in [-0.15, -0.1) is 11.3 Å². The van der Waals surface area contributed by atoms with Gasteiger partial charge in [0.25, 0.3) is 5.91 Å². The molecular formula is C19H10FN5O2S. The lowest BCUT2D eigenvalue weighted by Crippen LogP contribution is -2.11. The Bertz CT molecular complexity index is 1190. The van der Waals surface area contributed by atoms with Crippen molar-refractivity contribution in [3.05, 3.63) is 71.1 Å². The van der Waals surface area contributed by atoms with Gasteiger partial charge in [-0.25, -0.2) is 9.37 Å². The number of amides is 1. The van der Waals surface area contributed by atoms with Crippen LogP contribution in [0.5, 0.6) is 0 Å². The minimum atomic E-state index is -0.458. The maximum absolute atomic E-state index is 13.1. The third-order valence-electron chi connectivity index (χ3n) is 3.80. The van der Waals surface area contributed by atoms with Gasteiger partial charge in [0.15, 0.2) is 10.9 Å². The van der Waals surface area contributed by atoms with Gasteiger partial charge in [-0.3, -0.25) is 15.1 Å². The van der Waals surface area contributed by atoms with Gasteiger partial charge in [-0.1, -0.05) is 5.16 Å². The highest BCUT2D eigenvalue weighted by molar-refractivity contribution is 7.14. The van der Waals surface area contributed by atoms with E-state index < -0.39 is 11.7 Å². The molecule has 4 rings (SSSR count). The van der Waals surface area contributed by atoms with E-state index in [1.807, 2.05) is 6.07 Å². The van der Waals surface area contributed by atoms with Crippen molar-refractivity contribution in [3.8, 4) is 28.8 Å². The van der Waals surface area contributed by atoms with Crippen LogP contribution in [0.1, 0.15) is 15.9 Å². The highest BCUT2D eigenvalue weighted by Gasteiger charge is 2.19. The zero-order chi connectivity index (χ0) is 19.5. The number of hydrogen-bond acceptors (Lipinski definition) is 7. The molecule has 3 heterocycles. The Hall–Kier alpha value is -3.90. The molecule has 0 aliphatic carbocycles. The fourth-order valence-corrected chi connectivity index (χ4v) is 3.16. The molecule has 1 aromatic carbocycles. The average molecular weight is 391 g/mol. The molecule has 136 valence electrons. The minimum Gasteiger partial charge on any atom is -0.355 e. The van der Waals surface area contributed by atoms with Gasteiger partial charge >= 0.3 is 0 Å². The van der Waals surface area contributed by atoms with E-state index >= 15 is 0 Å². The molecule has 0 atom stereocenters. The molecule has 0 radical (unpaired) electrons. The van der Waals surface area contributed by atoms with E-state index in [9.17, 15) is 9.18 Å². The van der Waals surface area contributed by atoms with Crippen molar-refractivity contribution >= 4 is 22.4 Å². The van der Waals surface area contributed by atoms with Crippen LogP contribution in [0.4, 0.5) is 9.52 Å². The maximum atomic E-state index is 13.1. The molecule has 0 fully saturated rings. The highest BCUT2D eigenvalue weighted by Crippen LogP contribution is 2.27. The maximum Gasteiger partial charge on any atom is 0.263 e. The summed E-state index contributed by atoms with van der Waals surface area (Å²) >= 11 is 1.22. The van der Waals surface area contributed by atoms with Crippen LogP contribution in [-0.2, 0) is 0 Å². The van der Waals surface area contributed by atoms with Crippen LogP contribution >= 0.6 is 11.3 Å². The summed E-state index contributed by atoms with van der Waals surface area (Å²) in [4.78, 5) is 21.1. The van der Waals surface area contributed by atoms with Crippen molar-refractivity contribution in [2.45, 2.75) is 0 Å². The van der Waals surface area contributed by atoms with Gasteiger partial charge in [-0.05, 0) is 36.4 Å². The van der Waals surface area contributed by atoms with Gasteiger partial charge in [-0.2, -0.15) is 5.26 Å². The fraction of sp³-hybridized carbons (Fsp3) is 0. The summed E-state index contributed by atoms with van der Waals surface area (Å²) in [6.45, 7) is 0. The smallest absolute Gasteiger partial charge is 0.263 e. The quantitative estimate of drug-likeness (QED) is 0.561. The van der Waals surface area contributed by atoms with Gasteiger partial charge in [0.1, 0.15) is 17.1 Å². The Morgan fingerprint density at radius 2 is 2.04 bits per heavy atom.